The molecule has 3 N–H and O–H groups in total. The molecule has 0 radical (unpaired) electrons. The van der Waals surface area contributed by atoms with E-state index in [9.17, 15) is 9.59 Å². The molecule has 1 aliphatic rings. The second-order valence-electron chi connectivity index (χ2n) is 5.73. The maximum absolute atomic E-state index is 11.7. The molecule has 0 fully saturated rings. The number of urea groups is 1. The van der Waals surface area contributed by atoms with Crippen molar-refractivity contribution in [2.24, 2.45) is 0 Å². The van der Waals surface area contributed by atoms with Crippen LogP contribution in [0.5, 0.6) is 5.75 Å². The summed E-state index contributed by atoms with van der Waals surface area (Å²) in [6.45, 7) is 6.17. The van der Waals surface area contributed by atoms with Gasteiger partial charge in [0.05, 0.1) is 5.69 Å². The van der Waals surface area contributed by atoms with Gasteiger partial charge in [-0.1, -0.05) is 6.07 Å². The fourth-order valence-corrected chi connectivity index (χ4v) is 1.80. The molecule has 1 aromatic carbocycles. The van der Waals surface area contributed by atoms with E-state index in [0.717, 1.165) is 5.56 Å². The van der Waals surface area contributed by atoms with Crippen LogP contribution in [0.25, 0.3) is 0 Å². The zero-order chi connectivity index (χ0) is 14.8. The molecule has 0 saturated heterocycles. The van der Waals surface area contributed by atoms with Gasteiger partial charge in [-0.25, -0.2) is 4.79 Å². The lowest BCUT2D eigenvalue weighted by molar-refractivity contribution is -0.118. The van der Waals surface area contributed by atoms with Gasteiger partial charge in [0.25, 0.3) is 5.91 Å². The Morgan fingerprint density at radius 3 is 2.85 bits per heavy atom. The summed E-state index contributed by atoms with van der Waals surface area (Å²) < 4.78 is 5.32. The van der Waals surface area contributed by atoms with Crippen LogP contribution in [0.2, 0.25) is 0 Å². The van der Waals surface area contributed by atoms with E-state index < -0.39 is 0 Å². The van der Waals surface area contributed by atoms with E-state index in [-0.39, 0.29) is 24.1 Å². The van der Waals surface area contributed by atoms with Gasteiger partial charge < -0.3 is 20.7 Å². The Hall–Kier alpha value is -2.24. The second-order valence-corrected chi connectivity index (χ2v) is 5.73. The molecule has 2 rings (SSSR count). The highest BCUT2D eigenvalue weighted by Crippen LogP contribution is 2.28. The predicted octanol–water partition coefficient (Wildman–Crippen LogP) is 1.62. The van der Waals surface area contributed by atoms with Crippen LogP contribution in [0.15, 0.2) is 18.2 Å². The summed E-state index contributed by atoms with van der Waals surface area (Å²) in [6, 6.07) is 5.20. The van der Waals surface area contributed by atoms with E-state index in [4.69, 9.17) is 4.74 Å². The van der Waals surface area contributed by atoms with Crippen molar-refractivity contribution >= 4 is 17.6 Å². The zero-order valence-corrected chi connectivity index (χ0v) is 11.9. The van der Waals surface area contributed by atoms with Crippen molar-refractivity contribution in [3.05, 3.63) is 23.8 Å². The first-order valence-corrected chi connectivity index (χ1v) is 6.45. The molecule has 0 unspecified atom stereocenters. The fourth-order valence-electron chi connectivity index (χ4n) is 1.80. The van der Waals surface area contributed by atoms with E-state index in [2.05, 4.69) is 16.0 Å². The number of carbonyl (C=O) groups is 2. The monoisotopic (exact) mass is 277 g/mol. The Bertz CT molecular complexity index is 535. The van der Waals surface area contributed by atoms with Gasteiger partial charge in [-0.2, -0.15) is 0 Å². The molecular weight excluding hydrogens is 258 g/mol. The molecule has 0 aromatic heterocycles. The van der Waals surface area contributed by atoms with Crippen molar-refractivity contribution in [2.45, 2.75) is 32.9 Å². The average molecular weight is 277 g/mol. The first-order valence-electron chi connectivity index (χ1n) is 6.45. The van der Waals surface area contributed by atoms with Gasteiger partial charge in [-0.3, -0.25) is 4.79 Å². The molecule has 1 aliphatic heterocycles. The molecule has 108 valence electrons. The van der Waals surface area contributed by atoms with Crippen molar-refractivity contribution in [2.75, 3.05) is 11.9 Å². The minimum absolute atomic E-state index is 0.0222. The van der Waals surface area contributed by atoms with Gasteiger partial charge in [-0.05, 0) is 38.5 Å². The lowest BCUT2D eigenvalue weighted by Crippen LogP contribution is -2.46. The number of nitrogens with one attached hydrogen (secondary N) is 3. The third-order valence-electron chi connectivity index (χ3n) is 2.62. The Morgan fingerprint density at radius 2 is 2.15 bits per heavy atom. The molecule has 6 nitrogen and oxygen atoms in total. The summed E-state index contributed by atoms with van der Waals surface area (Å²) in [4.78, 5) is 22.8. The quantitative estimate of drug-likeness (QED) is 0.768. The lowest BCUT2D eigenvalue weighted by Gasteiger charge is -2.21. The molecule has 6 heteroatoms. The SMILES string of the molecule is CC(C)(C)NC(=O)NCc1ccc2c(c1)OCC(=O)N2. The summed E-state index contributed by atoms with van der Waals surface area (Å²) in [5.74, 6) is 0.466. The van der Waals surface area contributed by atoms with Gasteiger partial charge in [-0.15, -0.1) is 0 Å². The highest BCUT2D eigenvalue weighted by molar-refractivity contribution is 5.95. The highest BCUT2D eigenvalue weighted by atomic mass is 16.5. The van der Waals surface area contributed by atoms with Crippen LogP contribution in [-0.4, -0.2) is 24.1 Å². The molecule has 0 bridgehead atoms. The standard InChI is InChI=1S/C14H19N3O3/c1-14(2,3)17-13(19)15-7-9-4-5-10-11(6-9)20-8-12(18)16-10/h4-6H,7-8H2,1-3H3,(H,16,18)(H2,15,17,19). The number of rotatable bonds is 2. The molecule has 1 aromatic rings. The maximum atomic E-state index is 11.7. The van der Waals surface area contributed by atoms with E-state index in [1.54, 1.807) is 6.07 Å². The van der Waals surface area contributed by atoms with Crippen LogP contribution in [0.1, 0.15) is 26.3 Å². The summed E-state index contributed by atoms with van der Waals surface area (Å²) in [7, 11) is 0. The molecule has 1 heterocycles. The zero-order valence-electron chi connectivity index (χ0n) is 11.9. The Labute approximate surface area is 117 Å². The third-order valence-corrected chi connectivity index (χ3v) is 2.62. The number of carbonyl (C=O) groups excluding carboxylic acids is 2. The summed E-state index contributed by atoms with van der Waals surface area (Å²) in [5.41, 5.74) is 1.29. The minimum atomic E-state index is -0.271. The topological polar surface area (TPSA) is 79.5 Å². The molecule has 20 heavy (non-hydrogen) atoms. The molecule has 3 amide bonds. The van der Waals surface area contributed by atoms with Crippen LogP contribution in [0.4, 0.5) is 10.5 Å². The van der Waals surface area contributed by atoms with E-state index in [1.165, 1.54) is 0 Å². The largest absolute Gasteiger partial charge is 0.482 e. The van der Waals surface area contributed by atoms with Gasteiger partial charge in [0.15, 0.2) is 6.61 Å². The Kier molecular flexibility index (Phi) is 3.83. The average Bonchev–Trinajstić information content (AvgIpc) is 2.34. The van der Waals surface area contributed by atoms with Gasteiger partial charge >= 0.3 is 6.03 Å². The normalized spacial score (nSPS) is 13.8. The van der Waals surface area contributed by atoms with Crippen LogP contribution in [0, 0.1) is 0 Å². The molecule has 0 aliphatic carbocycles. The van der Waals surface area contributed by atoms with Gasteiger partial charge in [0, 0.05) is 12.1 Å². The number of fused-ring (bicyclic) bond motifs is 1. The predicted molar refractivity (Wildman–Crippen MR) is 75.7 cm³/mol. The van der Waals surface area contributed by atoms with E-state index >= 15 is 0 Å². The smallest absolute Gasteiger partial charge is 0.315 e. The number of benzene rings is 1. The van der Waals surface area contributed by atoms with Crippen LogP contribution < -0.4 is 20.7 Å². The third kappa shape index (κ3) is 3.88. The van der Waals surface area contributed by atoms with Crippen molar-refractivity contribution in [3.8, 4) is 5.75 Å². The van der Waals surface area contributed by atoms with Crippen LogP contribution >= 0.6 is 0 Å². The summed E-state index contributed by atoms with van der Waals surface area (Å²) in [5, 5.41) is 8.32. The molecule has 0 saturated carbocycles. The summed E-state index contributed by atoms with van der Waals surface area (Å²) >= 11 is 0. The molecular formula is C14H19N3O3. The number of anilines is 1. The number of ether oxygens (including phenoxy) is 1. The first kappa shape index (κ1) is 14.2. The molecule has 0 spiro atoms. The minimum Gasteiger partial charge on any atom is -0.482 e. The van der Waals surface area contributed by atoms with Crippen LogP contribution in [0.3, 0.4) is 0 Å². The summed E-state index contributed by atoms with van der Waals surface area (Å²) in [6.07, 6.45) is 0. The Balaban J connectivity index is 1.94. The van der Waals surface area contributed by atoms with E-state index in [1.807, 2.05) is 32.9 Å². The second kappa shape index (κ2) is 5.40. The van der Waals surface area contributed by atoms with Gasteiger partial charge in [0.2, 0.25) is 0 Å². The van der Waals surface area contributed by atoms with Crippen molar-refractivity contribution in [3.63, 3.8) is 0 Å². The molecule has 0 atom stereocenters. The van der Waals surface area contributed by atoms with Gasteiger partial charge in [0.1, 0.15) is 5.75 Å². The fraction of sp³-hybridized carbons (Fsp3) is 0.429. The number of hydrogen-bond acceptors (Lipinski definition) is 3. The highest BCUT2D eigenvalue weighted by Gasteiger charge is 2.16. The Morgan fingerprint density at radius 1 is 1.40 bits per heavy atom. The van der Waals surface area contributed by atoms with Crippen LogP contribution in [-0.2, 0) is 11.3 Å². The van der Waals surface area contributed by atoms with Crippen molar-refractivity contribution in [1.29, 1.82) is 0 Å². The van der Waals surface area contributed by atoms with E-state index in [0.29, 0.717) is 18.0 Å². The number of hydrogen-bond donors (Lipinski definition) is 3. The first-order chi connectivity index (χ1) is 9.33. The van der Waals surface area contributed by atoms with Crippen molar-refractivity contribution in [1.82, 2.24) is 10.6 Å². The number of amides is 3. The lowest BCUT2D eigenvalue weighted by atomic mass is 10.1. The maximum Gasteiger partial charge on any atom is 0.315 e. The van der Waals surface area contributed by atoms with Crippen molar-refractivity contribution < 1.29 is 14.3 Å².